The topological polar surface area (TPSA) is 74.3 Å². The highest BCUT2D eigenvalue weighted by atomic mass is 32.2. The molecule has 2 aromatic carbocycles. The summed E-state index contributed by atoms with van der Waals surface area (Å²) in [7, 11) is 0. The molecule has 1 aromatic heterocycles. The summed E-state index contributed by atoms with van der Waals surface area (Å²) >= 11 is 1.53. The average Bonchev–Trinajstić information content (AvgIpc) is 2.82. The van der Waals surface area contributed by atoms with E-state index in [1.165, 1.54) is 41.1 Å². The molecule has 0 saturated carbocycles. The summed E-state index contributed by atoms with van der Waals surface area (Å²) in [5.41, 5.74) is 2.65. The molecule has 8 heteroatoms. The highest BCUT2D eigenvalue weighted by Crippen LogP contribution is 2.26. The summed E-state index contributed by atoms with van der Waals surface area (Å²) in [5.74, 6) is -1.03. The monoisotopic (exact) mass is 478 g/mol. The summed E-state index contributed by atoms with van der Waals surface area (Å²) in [6, 6.07) is 15.9. The SMILES string of the molecule is CC(C)(C)NSc1ccc(NC(=O)C2Cc3ncccc3CN2C(=O)c2ccc(F)cc2)cc1. The van der Waals surface area contributed by atoms with Crippen LogP contribution in [-0.2, 0) is 17.8 Å². The van der Waals surface area contributed by atoms with E-state index in [2.05, 4.69) is 35.8 Å². The van der Waals surface area contributed by atoms with Crippen molar-refractivity contribution in [3.8, 4) is 0 Å². The molecule has 6 nitrogen and oxygen atoms in total. The first-order valence-corrected chi connectivity index (χ1v) is 11.9. The Kier molecular flexibility index (Phi) is 7.00. The number of carbonyl (C=O) groups is 2. The number of fused-ring (bicyclic) bond motifs is 1. The van der Waals surface area contributed by atoms with E-state index < -0.39 is 11.9 Å². The lowest BCUT2D eigenvalue weighted by Crippen LogP contribution is -2.50. The second-order valence-corrected chi connectivity index (χ2v) is 10.1. The van der Waals surface area contributed by atoms with Crippen LogP contribution in [0.2, 0.25) is 0 Å². The van der Waals surface area contributed by atoms with Gasteiger partial charge in [0.15, 0.2) is 0 Å². The van der Waals surface area contributed by atoms with Crippen LogP contribution in [-0.4, -0.2) is 33.3 Å². The van der Waals surface area contributed by atoms with Crippen LogP contribution in [0, 0.1) is 5.82 Å². The van der Waals surface area contributed by atoms with Crippen LogP contribution < -0.4 is 10.0 Å². The number of anilines is 1. The number of rotatable bonds is 5. The van der Waals surface area contributed by atoms with E-state index in [4.69, 9.17) is 0 Å². The van der Waals surface area contributed by atoms with Gasteiger partial charge in [-0.1, -0.05) is 6.07 Å². The van der Waals surface area contributed by atoms with Crippen molar-refractivity contribution in [2.45, 2.75) is 50.2 Å². The molecule has 2 heterocycles. The molecule has 1 unspecified atom stereocenters. The van der Waals surface area contributed by atoms with Crippen LogP contribution in [0.4, 0.5) is 10.1 Å². The molecule has 176 valence electrons. The molecule has 3 aromatic rings. The Balaban J connectivity index is 1.53. The van der Waals surface area contributed by atoms with Gasteiger partial charge < -0.3 is 10.2 Å². The first-order chi connectivity index (χ1) is 16.2. The first-order valence-electron chi connectivity index (χ1n) is 11.0. The second-order valence-electron chi connectivity index (χ2n) is 9.24. The molecule has 1 atom stereocenters. The van der Waals surface area contributed by atoms with Gasteiger partial charge in [0, 0.05) is 46.5 Å². The van der Waals surface area contributed by atoms with Crippen molar-refractivity contribution in [2.75, 3.05) is 5.32 Å². The third-order valence-electron chi connectivity index (χ3n) is 5.34. The van der Waals surface area contributed by atoms with Gasteiger partial charge >= 0.3 is 0 Å². The number of aromatic nitrogens is 1. The largest absolute Gasteiger partial charge is 0.324 e. The highest BCUT2D eigenvalue weighted by molar-refractivity contribution is 7.97. The normalized spacial score (nSPS) is 15.5. The standard InChI is InChI=1S/C26H27FN4O2S/c1-26(2,3)30-34-21-12-10-20(11-13-21)29-24(32)23-15-22-18(5-4-14-28-22)16-31(23)25(33)17-6-8-19(27)9-7-17/h4-14,23,30H,15-16H2,1-3H3,(H,29,32). The zero-order chi connectivity index (χ0) is 24.3. The van der Waals surface area contributed by atoms with Crippen molar-refractivity contribution in [3.63, 3.8) is 0 Å². The Morgan fingerprint density at radius 3 is 2.44 bits per heavy atom. The number of hydrogen-bond donors (Lipinski definition) is 2. The lowest BCUT2D eigenvalue weighted by atomic mass is 9.96. The Hall–Kier alpha value is -3.23. The van der Waals surface area contributed by atoms with Crippen LogP contribution in [0.5, 0.6) is 0 Å². The molecule has 4 rings (SSSR count). The minimum Gasteiger partial charge on any atom is -0.324 e. The van der Waals surface area contributed by atoms with Gasteiger partial charge in [-0.3, -0.25) is 19.3 Å². The van der Waals surface area contributed by atoms with E-state index >= 15 is 0 Å². The fraction of sp³-hybridized carbons (Fsp3) is 0.269. The number of amides is 2. The number of pyridine rings is 1. The van der Waals surface area contributed by atoms with Crippen molar-refractivity contribution in [2.24, 2.45) is 0 Å². The summed E-state index contributed by atoms with van der Waals surface area (Å²) < 4.78 is 16.7. The van der Waals surface area contributed by atoms with E-state index in [1.807, 2.05) is 36.4 Å². The maximum Gasteiger partial charge on any atom is 0.254 e. The van der Waals surface area contributed by atoms with Gasteiger partial charge in [0.2, 0.25) is 5.91 Å². The van der Waals surface area contributed by atoms with E-state index in [0.29, 0.717) is 17.7 Å². The molecule has 0 saturated heterocycles. The van der Waals surface area contributed by atoms with E-state index in [9.17, 15) is 14.0 Å². The van der Waals surface area contributed by atoms with Gasteiger partial charge in [0.25, 0.3) is 5.91 Å². The zero-order valence-corrected chi connectivity index (χ0v) is 20.2. The van der Waals surface area contributed by atoms with E-state index in [-0.39, 0.29) is 23.9 Å². The van der Waals surface area contributed by atoms with Gasteiger partial charge in [-0.2, -0.15) is 0 Å². The average molecular weight is 479 g/mol. The lowest BCUT2D eigenvalue weighted by molar-refractivity contribution is -0.121. The zero-order valence-electron chi connectivity index (χ0n) is 19.3. The molecule has 0 spiro atoms. The lowest BCUT2D eigenvalue weighted by Gasteiger charge is -2.35. The summed E-state index contributed by atoms with van der Waals surface area (Å²) in [4.78, 5) is 33.6. The van der Waals surface area contributed by atoms with E-state index in [1.54, 1.807) is 6.20 Å². The molecule has 2 amide bonds. The Morgan fingerprint density at radius 1 is 1.06 bits per heavy atom. The second kappa shape index (κ2) is 9.95. The van der Waals surface area contributed by atoms with Crippen LogP contribution in [0.25, 0.3) is 0 Å². The molecule has 0 aliphatic carbocycles. The van der Waals surface area contributed by atoms with Crippen molar-refractivity contribution in [1.29, 1.82) is 0 Å². The molecule has 2 N–H and O–H groups in total. The molecule has 1 aliphatic rings. The smallest absolute Gasteiger partial charge is 0.254 e. The molecule has 34 heavy (non-hydrogen) atoms. The molecule has 0 radical (unpaired) electrons. The van der Waals surface area contributed by atoms with Gasteiger partial charge in [-0.25, -0.2) is 4.39 Å². The van der Waals surface area contributed by atoms with Gasteiger partial charge in [0.1, 0.15) is 11.9 Å². The molecular formula is C26H27FN4O2S. The maximum atomic E-state index is 13.4. The molecular weight excluding hydrogens is 451 g/mol. The first kappa shape index (κ1) is 23.9. The van der Waals surface area contributed by atoms with Crippen LogP contribution in [0.1, 0.15) is 42.4 Å². The maximum absolute atomic E-state index is 13.4. The van der Waals surface area contributed by atoms with Crippen LogP contribution >= 0.6 is 11.9 Å². The van der Waals surface area contributed by atoms with E-state index in [0.717, 1.165) is 16.2 Å². The number of benzene rings is 2. The quantitative estimate of drug-likeness (QED) is 0.514. The Bertz CT molecular complexity index is 1180. The molecule has 0 fully saturated rings. The fourth-order valence-corrected chi connectivity index (χ4v) is 4.33. The number of halogens is 1. The van der Waals surface area contributed by atoms with Crippen molar-refractivity contribution < 1.29 is 14.0 Å². The van der Waals surface area contributed by atoms with Crippen molar-refractivity contribution in [1.82, 2.24) is 14.6 Å². The summed E-state index contributed by atoms with van der Waals surface area (Å²) in [6.45, 7) is 6.52. The summed E-state index contributed by atoms with van der Waals surface area (Å²) in [6.07, 6.45) is 1.99. The predicted octanol–water partition coefficient (Wildman–Crippen LogP) is 4.82. The Morgan fingerprint density at radius 2 is 1.76 bits per heavy atom. The number of nitrogens with one attached hydrogen (secondary N) is 2. The van der Waals surface area contributed by atoms with Gasteiger partial charge in [0.05, 0.1) is 0 Å². The third kappa shape index (κ3) is 5.81. The number of carbonyl (C=O) groups excluding carboxylic acids is 2. The number of nitrogens with zero attached hydrogens (tertiary/aromatic N) is 2. The van der Waals surface area contributed by atoms with Crippen molar-refractivity contribution in [3.05, 3.63) is 89.5 Å². The fourth-order valence-electron chi connectivity index (χ4n) is 3.64. The molecule has 0 bridgehead atoms. The van der Waals surface area contributed by atoms with Crippen LogP contribution in [0.15, 0.2) is 71.8 Å². The Labute approximate surface area is 203 Å². The third-order valence-corrected chi connectivity index (χ3v) is 6.56. The van der Waals surface area contributed by atoms with Gasteiger partial charge in [-0.05, 0) is 92.9 Å². The molecule has 1 aliphatic heterocycles. The van der Waals surface area contributed by atoms with Crippen LogP contribution in [0.3, 0.4) is 0 Å². The van der Waals surface area contributed by atoms with Gasteiger partial charge in [-0.15, -0.1) is 0 Å². The minimum absolute atomic E-state index is 0.0244. The summed E-state index contributed by atoms with van der Waals surface area (Å²) in [5, 5.41) is 2.94. The van der Waals surface area contributed by atoms with Crippen molar-refractivity contribution >= 4 is 29.4 Å². The predicted molar refractivity (Wildman–Crippen MR) is 132 cm³/mol. The highest BCUT2D eigenvalue weighted by Gasteiger charge is 2.35. The number of hydrogen-bond acceptors (Lipinski definition) is 5. The minimum atomic E-state index is -0.739.